The van der Waals surface area contributed by atoms with Crippen molar-refractivity contribution in [2.24, 2.45) is 5.92 Å². The minimum atomic E-state index is 0.477. The molecule has 0 radical (unpaired) electrons. The quantitative estimate of drug-likeness (QED) is 0.237. The number of hydrogen-bond donors (Lipinski definition) is 0. The molecule has 132 valence electrons. The van der Waals surface area contributed by atoms with Gasteiger partial charge in [-0.1, -0.05) is 56.4 Å². The summed E-state index contributed by atoms with van der Waals surface area (Å²) >= 11 is 1.94. The molecule has 0 N–H and O–H groups in total. The van der Waals surface area contributed by atoms with E-state index in [2.05, 4.69) is 56.9 Å². The van der Waals surface area contributed by atoms with Gasteiger partial charge in [0.15, 0.2) is 0 Å². The SMILES string of the molecule is C=C(SCCCC)C(C=CCCOCC)CCC=CCC=CC. The van der Waals surface area contributed by atoms with Gasteiger partial charge in [0.05, 0.1) is 0 Å². The molecule has 2 heteroatoms. The van der Waals surface area contributed by atoms with Crippen molar-refractivity contribution >= 4 is 11.8 Å². The van der Waals surface area contributed by atoms with Crippen molar-refractivity contribution < 1.29 is 4.74 Å². The Kier molecular flexibility index (Phi) is 17.1. The summed E-state index contributed by atoms with van der Waals surface area (Å²) in [6.45, 7) is 12.3. The van der Waals surface area contributed by atoms with Crippen molar-refractivity contribution in [1.29, 1.82) is 0 Å². The highest BCUT2D eigenvalue weighted by Gasteiger charge is 2.08. The van der Waals surface area contributed by atoms with E-state index in [1.165, 1.54) is 23.5 Å². The van der Waals surface area contributed by atoms with Crippen LogP contribution in [0.25, 0.3) is 0 Å². The van der Waals surface area contributed by atoms with E-state index in [1.54, 1.807) is 0 Å². The Morgan fingerprint density at radius 2 is 1.96 bits per heavy atom. The molecule has 0 heterocycles. The van der Waals surface area contributed by atoms with Crippen molar-refractivity contribution in [2.75, 3.05) is 19.0 Å². The third-order valence-corrected chi connectivity index (χ3v) is 4.69. The van der Waals surface area contributed by atoms with Crippen LogP contribution in [-0.4, -0.2) is 19.0 Å². The summed E-state index contributed by atoms with van der Waals surface area (Å²) in [4.78, 5) is 1.31. The lowest BCUT2D eigenvalue weighted by atomic mass is 10.0. The summed E-state index contributed by atoms with van der Waals surface area (Å²) in [7, 11) is 0. The number of rotatable bonds is 15. The van der Waals surface area contributed by atoms with Crippen LogP contribution in [0.1, 0.15) is 59.3 Å². The van der Waals surface area contributed by atoms with Crippen molar-refractivity contribution in [3.05, 3.63) is 47.9 Å². The summed E-state index contributed by atoms with van der Waals surface area (Å²) < 4.78 is 5.39. The molecule has 0 aromatic carbocycles. The van der Waals surface area contributed by atoms with Crippen molar-refractivity contribution in [1.82, 2.24) is 0 Å². The Bertz CT molecular complexity index is 355. The zero-order chi connectivity index (χ0) is 17.2. The van der Waals surface area contributed by atoms with Crippen LogP contribution >= 0.6 is 11.8 Å². The molecule has 0 aliphatic heterocycles. The first-order valence-corrected chi connectivity index (χ1v) is 10.1. The second-order valence-electron chi connectivity index (χ2n) is 5.54. The monoisotopic (exact) mass is 336 g/mol. The number of unbranched alkanes of at least 4 members (excludes halogenated alkanes) is 1. The Labute approximate surface area is 149 Å². The first kappa shape index (κ1) is 22.3. The zero-order valence-electron chi connectivity index (χ0n) is 15.4. The third kappa shape index (κ3) is 14.6. The average Bonchev–Trinajstić information content (AvgIpc) is 2.56. The van der Waals surface area contributed by atoms with Crippen molar-refractivity contribution in [3.63, 3.8) is 0 Å². The Morgan fingerprint density at radius 3 is 2.65 bits per heavy atom. The van der Waals surface area contributed by atoms with Gasteiger partial charge in [-0.2, -0.15) is 0 Å². The van der Waals surface area contributed by atoms with Crippen LogP contribution in [0.4, 0.5) is 0 Å². The molecule has 0 rings (SSSR count). The predicted molar refractivity (Wildman–Crippen MR) is 108 cm³/mol. The maximum atomic E-state index is 5.39. The maximum Gasteiger partial charge on any atom is 0.0500 e. The minimum absolute atomic E-state index is 0.477. The van der Waals surface area contributed by atoms with Gasteiger partial charge in [0.2, 0.25) is 0 Å². The molecule has 0 amide bonds. The van der Waals surface area contributed by atoms with Gasteiger partial charge in [-0.3, -0.25) is 0 Å². The van der Waals surface area contributed by atoms with Crippen molar-refractivity contribution in [3.8, 4) is 0 Å². The molecule has 1 unspecified atom stereocenters. The van der Waals surface area contributed by atoms with E-state index in [1.807, 2.05) is 18.7 Å². The smallest absolute Gasteiger partial charge is 0.0500 e. The standard InChI is InChI=1S/C21H36OS/c1-5-8-10-11-12-13-16-21(17-14-15-18-22-7-3)20(4)23-19-9-6-2/h5,8,11-12,14,17,21H,4,6-7,9-10,13,15-16,18-19H2,1-3H3. The minimum Gasteiger partial charge on any atom is -0.381 e. The fourth-order valence-electron chi connectivity index (χ4n) is 2.08. The molecule has 0 spiro atoms. The summed E-state index contributed by atoms with van der Waals surface area (Å²) in [5.74, 6) is 1.67. The van der Waals surface area contributed by atoms with Crippen LogP contribution < -0.4 is 0 Å². The summed E-state index contributed by atoms with van der Waals surface area (Å²) in [5, 5.41) is 0. The normalized spacial score (nSPS) is 13.5. The summed E-state index contributed by atoms with van der Waals surface area (Å²) in [5.41, 5.74) is 0. The van der Waals surface area contributed by atoms with Crippen LogP contribution in [-0.2, 0) is 4.74 Å². The number of allylic oxidation sites excluding steroid dienone is 6. The Balaban J connectivity index is 4.29. The fourth-order valence-corrected chi connectivity index (χ4v) is 3.19. The van der Waals surface area contributed by atoms with Crippen LogP contribution in [0.15, 0.2) is 47.9 Å². The van der Waals surface area contributed by atoms with Gasteiger partial charge >= 0.3 is 0 Å². The summed E-state index contributed by atoms with van der Waals surface area (Å²) in [6, 6.07) is 0. The van der Waals surface area contributed by atoms with Crippen LogP contribution in [0.3, 0.4) is 0 Å². The van der Waals surface area contributed by atoms with Gasteiger partial charge in [-0.05, 0) is 56.6 Å². The number of thioether (sulfide) groups is 1. The predicted octanol–water partition coefficient (Wildman–Crippen LogP) is 6.94. The van der Waals surface area contributed by atoms with E-state index >= 15 is 0 Å². The molecule has 0 bridgehead atoms. The summed E-state index contributed by atoms with van der Waals surface area (Å²) in [6.07, 6.45) is 20.2. The van der Waals surface area contributed by atoms with E-state index in [4.69, 9.17) is 4.74 Å². The molecule has 0 aromatic rings. The number of hydrogen-bond acceptors (Lipinski definition) is 2. The van der Waals surface area contributed by atoms with Gasteiger partial charge in [0, 0.05) is 19.1 Å². The molecule has 0 saturated heterocycles. The van der Waals surface area contributed by atoms with Gasteiger partial charge in [0.25, 0.3) is 0 Å². The van der Waals surface area contributed by atoms with E-state index in [0.29, 0.717) is 5.92 Å². The van der Waals surface area contributed by atoms with E-state index < -0.39 is 0 Å². The van der Waals surface area contributed by atoms with Crippen LogP contribution in [0, 0.1) is 5.92 Å². The third-order valence-electron chi connectivity index (χ3n) is 3.52. The molecular weight excluding hydrogens is 300 g/mol. The Hall–Kier alpha value is -0.730. The zero-order valence-corrected chi connectivity index (χ0v) is 16.2. The van der Waals surface area contributed by atoms with Gasteiger partial charge in [-0.15, -0.1) is 11.8 Å². The molecule has 1 nitrogen and oxygen atoms in total. The molecule has 23 heavy (non-hydrogen) atoms. The average molecular weight is 337 g/mol. The van der Waals surface area contributed by atoms with Crippen LogP contribution in [0.2, 0.25) is 0 Å². The van der Waals surface area contributed by atoms with E-state index in [-0.39, 0.29) is 0 Å². The fraction of sp³-hybridized carbons (Fsp3) is 0.619. The highest BCUT2D eigenvalue weighted by Crippen LogP contribution is 2.28. The van der Waals surface area contributed by atoms with Crippen LogP contribution in [0.5, 0.6) is 0 Å². The lowest BCUT2D eigenvalue weighted by molar-refractivity contribution is 0.152. The van der Waals surface area contributed by atoms with Gasteiger partial charge in [0.1, 0.15) is 0 Å². The van der Waals surface area contributed by atoms with Gasteiger partial charge in [-0.25, -0.2) is 0 Å². The molecule has 0 fully saturated rings. The van der Waals surface area contributed by atoms with Gasteiger partial charge < -0.3 is 4.74 Å². The second kappa shape index (κ2) is 17.6. The molecule has 0 saturated carbocycles. The highest BCUT2D eigenvalue weighted by atomic mass is 32.2. The highest BCUT2D eigenvalue weighted by molar-refractivity contribution is 8.03. The van der Waals surface area contributed by atoms with E-state index in [0.717, 1.165) is 38.9 Å². The maximum absolute atomic E-state index is 5.39. The molecule has 0 aliphatic rings. The first-order chi connectivity index (χ1) is 11.3. The first-order valence-electron chi connectivity index (χ1n) is 9.08. The lowest BCUT2D eigenvalue weighted by Crippen LogP contribution is -1.99. The molecule has 0 aromatic heterocycles. The topological polar surface area (TPSA) is 9.23 Å². The molecule has 0 aliphatic carbocycles. The molecular formula is C21H36OS. The largest absolute Gasteiger partial charge is 0.381 e. The Morgan fingerprint density at radius 1 is 1.13 bits per heavy atom. The molecule has 1 atom stereocenters. The number of ether oxygens (including phenoxy) is 1. The second-order valence-corrected chi connectivity index (χ2v) is 6.76. The lowest BCUT2D eigenvalue weighted by Gasteiger charge is -2.15. The van der Waals surface area contributed by atoms with Crippen molar-refractivity contribution in [2.45, 2.75) is 59.3 Å². The van der Waals surface area contributed by atoms with E-state index in [9.17, 15) is 0 Å².